The highest BCUT2D eigenvalue weighted by Crippen LogP contribution is 2.45. The summed E-state index contributed by atoms with van der Waals surface area (Å²) in [5, 5.41) is 20.7. The zero-order chi connectivity index (χ0) is 18.6. The molecule has 0 saturated heterocycles. The van der Waals surface area contributed by atoms with Crippen LogP contribution in [0.25, 0.3) is 0 Å². The van der Waals surface area contributed by atoms with Crippen LogP contribution in [0, 0.1) is 17.1 Å². The molecule has 134 valence electrons. The predicted molar refractivity (Wildman–Crippen MR) is 92.9 cm³/mol. The molecule has 1 heterocycles. The molecule has 3 rings (SSSR count). The number of fused-ring (bicyclic) bond motifs is 1. The van der Waals surface area contributed by atoms with E-state index in [2.05, 4.69) is 11.4 Å². The second-order valence-electron chi connectivity index (χ2n) is 6.28. The number of nitrogens with one attached hydrogen (secondary N) is 1. The first kappa shape index (κ1) is 18.1. The lowest BCUT2D eigenvalue weighted by Crippen LogP contribution is -2.30. The molecule has 6 heteroatoms. The van der Waals surface area contributed by atoms with Gasteiger partial charge in [0.15, 0.2) is 0 Å². The van der Waals surface area contributed by atoms with Crippen LogP contribution in [0.4, 0.5) is 4.39 Å². The number of benzene rings is 2. The first-order valence-electron chi connectivity index (χ1n) is 8.41. The number of rotatable bonds is 7. The van der Waals surface area contributed by atoms with Crippen LogP contribution < -0.4 is 5.32 Å². The van der Waals surface area contributed by atoms with Gasteiger partial charge in [-0.05, 0) is 60.3 Å². The Morgan fingerprint density at radius 3 is 2.77 bits per heavy atom. The molecule has 0 aliphatic carbocycles. The maximum atomic E-state index is 13.4. The molecule has 2 aromatic rings. The van der Waals surface area contributed by atoms with Crippen molar-refractivity contribution in [2.45, 2.75) is 25.0 Å². The fraction of sp³-hybridized carbons (Fsp3) is 0.300. The number of carboxylic acid groups (broad SMARTS) is 1. The summed E-state index contributed by atoms with van der Waals surface area (Å²) >= 11 is 0. The number of carboxylic acids is 1. The largest absolute Gasteiger partial charge is 0.480 e. The zero-order valence-electron chi connectivity index (χ0n) is 14.2. The van der Waals surface area contributed by atoms with E-state index in [4.69, 9.17) is 15.1 Å². The Morgan fingerprint density at radius 1 is 1.31 bits per heavy atom. The number of halogens is 1. The Morgan fingerprint density at radius 2 is 2.08 bits per heavy atom. The van der Waals surface area contributed by atoms with Crippen molar-refractivity contribution in [1.82, 2.24) is 5.32 Å². The van der Waals surface area contributed by atoms with E-state index in [9.17, 15) is 9.18 Å². The van der Waals surface area contributed by atoms with E-state index in [1.54, 1.807) is 18.2 Å². The first-order chi connectivity index (χ1) is 12.5. The Kier molecular flexibility index (Phi) is 5.31. The summed E-state index contributed by atoms with van der Waals surface area (Å²) in [4.78, 5) is 10.6. The third-order valence-electron chi connectivity index (χ3n) is 4.61. The van der Waals surface area contributed by atoms with Gasteiger partial charge in [0.05, 0.1) is 24.8 Å². The van der Waals surface area contributed by atoms with Crippen LogP contribution in [0.1, 0.15) is 35.1 Å². The molecule has 5 nitrogen and oxygen atoms in total. The number of nitrogens with zero attached hydrogens (tertiary/aromatic N) is 1. The van der Waals surface area contributed by atoms with Crippen LogP contribution in [-0.4, -0.2) is 24.2 Å². The van der Waals surface area contributed by atoms with Gasteiger partial charge in [0, 0.05) is 0 Å². The summed E-state index contributed by atoms with van der Waals surface area (Å²) in [6, 6.07) is 13.9. The first-order valence-corrected chi connectivity index (χ1v) is 8.41. The van der Waals surface area contributed by atoms with Crippen molar-refractivity contribution in [2.24, 2.45) is 0 Å². The summed E-state index contributed by atoms with van der Waals surface area (Å²) in [6.45, 7) is 0.821. The number of aliphatic carboxylic acids is 1. The van der Waals surface area contributed by atoms with Gasteiger partial charge >= 0.3 is 5.97 Å². The lowest BCUT2D eigenvalue weighted by Gasteiger charge is -2.30. The molecule has 0 saturated carbocycles. The molecule has 1 unspecified atom stereocenters. The highest BCUT2D eigenvalue weighted by Gasteiger charge is 2.41. The van der Waals surface area contributed by atoms with Gasteiger partial charge in [0.1, 0.15) is 11.4 Å². The van der Waals surface area contributed by atoms with Crippen LogP contribution >= 0.6 is 0 Å². The van der Waals surface area contributed by atoms with Crippen molar-refractivity contribution < 1.29 is 19.0 Å². The lowest BCUT2D eigenvalue weighted by atomic mass is 9.81. The van der Waals surface area contributed by atoms with Crippen molar-refractivity contribution in [3.05, 3.63) is 70.5 Å². The van der Waals surface area contributed by atoms with E-state index in [-0.39, 0.29) is 12.4 Å². The second kappa shape index (κ2) is 7.65. The molecule has 0 spiro atoms. The van der Waals surface area contributed by atoms with Crippen LogP contribution in [-0.2, 0) is 21.7 Å². The molecule has 0 amide bonds. The van der Waals surface area contributed by atoms with E-state index in [0.717, 1.165) is 16.7 Å². The van der Waals surface area contributed by atoms with Gasteiger partial charge in [-0.15, -0.1) is 0 Å². The van der Waals surface area contributed by atoms with Crippen LogP contribution in [0.5, 0.6) is 0 Å². The van der Waals surface area contributed by atoms with Crippen molar-refractivity contribution in [2.75, 3.05) is 13.1 Å². The molecule has 26 heavy (non-hydrogen) atoms. The third-order valence-corrected chi connectivity index (χ3v) is 4.61. The molecular formula is C20H19FN2O3. The molecule has 1 aliphatic rings. The minimum atomic E-state index is -0.898. The molecule has 1 atom stereocenters. The van der Waals surface area contributed by atoms with Gasteiger partial charge in [-0.25, -0.2) is 4.39 Å². The average Bonchev–Trinajstić information content (AvgIpc) is 3.00. The number of nitriles is 1. The Bertz CT molecular complexity index is 845. The number of hydrogen-bond acceptors (Lipinski definition) is 4. The molecule has 0 aromatic heterocycles. The molecular weight excluding hydrogens is 335 g/mol. The maximum Gasteiger partial charge on any atom is 0.317 e. The van der Waals surface area contributed by atoms with Gasteiger partial charge in [-0.1, -0.05) is 18.2 Å². The van der Waals surface area contributed by atoms with Gasteiger partial charge in [-0.3, -0.25) is 4.79 Å². The standard InChI is InChI=1S/C20H19FN2O3/c21-17-5-3-16(4-6-17)20(8-1-9-23-12-19(24)25)18-7-2-14(11-22)10-15(18)13-26-20/h2-7,10,23H,1,8-9,12-13H2,(H,24,25). The van der Waals surface area contributed by atoms with E-state index < -0.39 is 11.6 Å². The minimum absolute atomic E-state index is 0.0908. The van der Waals surface area contributed by atoms with Crippen molar-refractivity contribution in [3.8, 4) is 6.07 Å². The Labute approximate surface area is 151 Å². The monoisotopic (exact) mass is 354 g/mol. The van der Waals surface area contributed by atoms with E-state index >= 15 is 0 Å². The normalized spacial score (nSPS) is 18.3. The number of carbonyl (C=O) groups is 1. The quantitative estimate of drug-likeness (QED) is 0.747. The molecule has 0 radical (unpaired) electrons. The van der Waals surface area contributed by atoms with Crippen LogP contribution in [0.3, 0.4) is 0 Å². The number of ether oxygens (including phenoxy) is 1. The highest BCUT2D eigenvalue weighted by atomic mass is 19.1. The van der Waals surface area contributed by atoms with Gasteiger partial charge in [0.2, 0.25) is 0 Å². The maximum absolute atomic E-state index is 13.4. The fourth-order valence-electron chi connectivity index (χ4n) is 3.42. The predicted octanol–water partition coefficient (Wildman–Crippen LogP) is 2.93. The summed E-state index contributed by atoms with van der Waals surface area (Å²) < 4.78 is 19.6. The summed E-state index contributed by atoms with van der Waals surface area (Å²) in [6.07, 6.45) is 1.30. The fourth-order valence-corrected chi connectivity index (χ4v) is 3.42. The smallest absolute Gasteiger partial charge is 0.317 e. The van der Waals surface area contributed by atoms with E-state index in [1.165, 1.54) is 12.1 Å². The minimum Gasteiger partial charge on any atom is -0.480 e. The summed E-state index contributed by atoms with van der Waals surface area (Å²) in [5.74, 6) is -1.21. The van der Waals surface area contributed by atoms with Crippen molar-refractivity contribution >= 4 is 5.97 Å². The SMILES string of the molecule is N#Cc1ccc2c(c1)COC2(CCCNCC(=O)O)c1ccc(F)cc1. The molecule has 0 bridgehead atoms. The number of hydrogen-bond donors (Lipinski definition) is 2. The zero-order valence-corrected chi connectivity index (χ0v) is 14.2. The molecule has 2 aromatic carbocycles. The van der Waals surface area contributed by atoms with E-state index in [0.29, 0.717) is 31.6 Å². The van der Waals surface area contributed by atoms with Crippen molar-refractivity contribution in [1.29, 1.82) is 5.26 Å². The molecule has 0 fully saturated rings. The van der Waals surface area contributed by atoms with Crippen molar-refractivity contribution in [3.63, 3.8) is 0 Å². The Balaban J connectivity index is 1.88. The molecule has 1 aliphatic heterocycles. The second-order valence-corrected chi connectivity index (χ2v) is 6.28. The Hall–Kier alpha value is -2.75. The lowest BCUT2D eigenvalue weighted by molar-refractivity contribution is -0.135. The van der Waals surface area contributed by atoms with Gasteiger partial charge < -0.3 is 15.2 Å². The highest BCUT2D eigenvalue weighted by molar-refractivity contribution is 5.68. The average molecular weight is 354 g/mol. The van der Waals surface area contributed by atoms with Crippen LogP contribution in [0.2, 0.25) is 0 Å². The summed E-state index contributed by atoms with van der Waals surface area (Å²) in [7, 11) is 0. The topological polar surface area (TPSA) is 82.3 Å². The van der Waals surface area contributed by atoms with Crippen LogP contribution in [0.15, 0.2) is 42.5 Å². The van der Waals surface area contributed by atoms with E-state index in [1.807, 2.05) is 12.1 Å². The van der Waals surface area contributed by atoms with Gasteiger partial charge in [0.25, 0.3) is 0 Å². The van der Waals surface area contributed by atoms with Gasteiger partial charge in [-0.2, -0.15) is 5.26 Å². The third kappa shape index (κ3) is 3.59. The molecule has 2 N–H and O–H groups in total. The summed E-state index contributed by atoms with van der Waals surface area (Å²) in [5.41, 5.74) is 2.63.